The van der Waals surface area contributed by atoms with E-state index in [0.717, 1.165) is 64.2 Å². The van der Waals surface area contributed by atoms with E-state index in [1.165, 1.54) is 0 Å². The van der Waals surface area contributed by atoms with E-state index in [9.17, 15) is 19.0 Å². The van der Waals surface area contributed by atoms with Crippen LogP contribution in [0, 0.1) is 0 Å². The number of hydrogen-bond donors (Lipinski definition) is 0. The Morgan fingerprint density at radius 1 is 0.667 bits per heavy atom. The highest BCUT2D eigenvalue weighted by Crippen LogP contribution is 2.38. The zero-order valence-electron chi connectivity index (χ0n) is 30.4. The first-order chi connectivity index (χ1) is 23.0. The zero-order valence-corrected chi connectivity index (χ0v) is 31.3. The number of carbonyl (C=O) groups is 2. The molecule has 0 aliphatic heterocycles. The highest BCUT2D eigenvalue weighted by Gasteiger charge is 2.21. The molecular weight excluding hydrogens is 629 g/mol. The van der Waals surface area contributed by atoms with E-state index in [1.54, 1.807) is 0 Å². The van der Waals surface area contributed by atoms with Crippen molar-refractivity contribution in [1.82, 2.24) is 0 Å². The minimum Gasteiger partial charge on any atom is -0.756 e. The van der Waals surface area contributed by atoms with E-state index < -0.39 is 32.5 Å². The molecule has 0 amide bonds. The zero-order chi connectivity index (χ0) is 35.8. The van der Waals surface area contributed by atoms with Crippen molar-refractivity contribution in [2.24, 2.45) is 0 Å². The molecule has 2 unspecified atom stereocenters. The molecule has 0 saturated heterocycles. The fourth-order valence-electron chi connectivity index (χ4n) is 4.03. The van der Waals surface area contributed by atoms with Gasteiger partial charge in [0, 0.05) is 12.8 Å². The Morgan fingerprint density at radius 3 is 1.94 bits per heavy atom. The lowest BCUT2D eigenvalue weighted by Crippen LogP contribution is -2.37. The van der Waals surface area contributed by atoms with Crippen molar-refractivity contribution >= 4 is 19.8 Å². The smallest absolute Gasteiger partial charge is 0.306 e. The Labute approximate surface area is 291 Å². The van der Waals surface area contributed by atoms with Crippen LogP contribution in [-0.2, 0) is 32.7 Å². The maximum atomic E-state index is 12.6. The molecule has 48 heavy (non-hydrogen) atoms. The van der Waals surface area contributed by atoms with E-state index in [-0.39, 0.29) is 26.1 Å². The van der Waals surface area contributed by atoms with Crippen LogP contribution in [0.2, 0.25) is 0 Å². The summed E-state index contributed by atoms with van der Waals surface area (Å²) in [6, 6.07) is 0. The van der Waals surface area contributed by atoms with Gasteiger partial charge in [0.1, 0.15) is 19.8 Å². The lowest BCUT2D eigenvalue weighted by Gasteiger charge is -2.28. The molecule has 0 N–H and O–H groups in total. The number of nitrogens with zero attached hydrogens (tertiary/aromatic N) is 1. The topological polar surface area (TPSA) is 111 Å². The molecule has 0 bridgehead atoms. The molecule has 0 aliphatic rings. The quantitative estimate of drug-likeness (QED) is 0.0184. The van der Waals surface area contributed by atoms with Gasteiger partial charge in [0.2, 0.25) is 0 Å². The van der Waals surface area contributed by atoms with Gasteiger partial charge in [-0.3, -0.25) is 14.2 Å². The third kappa shape index (κ3) is 33.4. The summed E-state index contributed by atoms with van der Waals surface area (Å²) in [5.74, 6) is -0.936. The second-order valence-electron chi connectivity index (χ2n) is 12.5. The Kier molecular flexibility index (Phi) is 28.9. The van der Waals surface area contributed by atoms with Crippen molar-refractivity contribution < 1.29 is 42.1 Å². The van der Waals surface area contributed by atoms with Crippen molar-refractivity contribution in [2.45, 2.75) is 110 Å². The van der Waals surface area contributed by atoms with Crippen LogP contribution in [0.25, 0.3) is 0 Å². The average molecular weight is 694 g/mol. The number of carbonyl (C=O) groups excluding carboxylic acids is 2. The van der Waals surface area contributed by atoms with Gasteiger partial charge in [-0.05, 0) is 57.8 Å². The molecule has 10 heteroatoms. The number of rotatable bonds is 30. The molecule has 0 aromatic heterocycles. The van der Waals surface area contributed by atoms with Crippen molar-refractivity contribution in [3.05, 3.63) is 72.9 Å². The van der Waals surface area contributed by atoms with Gasteiger partial charge in [0.05, 0.1) is 27.7 Å². The normalized spacial score (nSPS) is 14.7. The van der Waals surface area contributed by atoms with Gasteiger partial charge in [-0.15, -0.1) is 0 Å². The Bertz CT molecular complexity index is 1060. The third-order valence-electron chi connectivity index (χ3n) is 6.78. The van der Waals surface area contributed by atoms with Gasteiger partial charge in [-0.1, -0.05) is 106 Å². The summed E-state index contributed by atoms with van der Waals surface area (Å²) in [6.45, 7) is 3.83. The molecule has 274 valence electrons. The van der Waals surface area contributed by atoms with E-state index in [4.69, 9.17) is 18.5 Å². The summed E-state index contributed by atoms with van der Waals surface area (Å²) in [5, 5.41) is 0. The predicted octanol–water partition coefficient (Wildman–Crippen LogP) is 8.49. The minimum absolute atomic E-state index is 0.0469. The maximum Gasteiger partial charge on any atom is 0.306 e. The van der Waals surface area contributed by atoms with Crippen LogP contribution >= 0.6 is 7.82 Å². The van der Waals surface area contributed by atoms with Crippen LogP contribution in [-0.4, -0.2) is 70.0 Å². The molecule has 0 fully saturated rings. The van der Waals surface area contributed by atoms with Gasteiger partial charge in [0.25, 0.3) is 7.82 Å². The van der Waals surface area contributed by atoms with E-state index in [0.29, 0.717) is 23.9 Å². The number of quaternary nitrogens is 1. The molecule has 0 rings (SSSR count). The number of esters is 2. The van der Waals surface area contributed by atoms with Crippen molar-refractivity contribution in [3.63, 3.8) is 0 Å². The van der Waals surface area contributed by atoms with Crippen LogP contribution in [0.3, 0.4) is 0 Å². The molecule has 9 nitrogen and oxygen atoms in total. The lowest BCUT2D eigenvalue weighted by molar-refractivity contribution is -0.870. The van der Waals surface area contributed by atoms with Crippen molar-refractivity contribution in [3.8, 4) is 0 Å². The largest absolute Gasteiger partial charge is 0.756 e. The molecule has 0 aromatic rings. The second-order valence-corrected chi connectivity index (χ2v) is 13.9. The van der Waals surface area contributed by atoms with E-state index in [1.807, 2.05) is 45.4 Å². The number of phosphoric acid groups is 1. The molecular formula is C38H64NO8P. The summed E-state index contributed by atoms with van der Waals surface area (Å²) < 4.78 is 33.6. The summed E-state index contributed by atoms with van der Waals surface area (Å²) in [4.78, 5) is 37.2. The summed E-state index contributed by atoms with van der Waals surface area (Å²) in [5.41, 5.74) is 0. The van der Waals surface area contributed by atoms with E-state index >= 15 is 0 Å². The maximum absolute atomic E-state index is 12.6. The van der Waals surface area contributed by atoms with Gasteiger partial charge in [-0.25, -0.2) is 0 Å². The Hall–Kier alpha value is -2.55. The minimum atomic E-state index is -4.63. The molecule has 2 atom stereocenters. The number of unbranched alkanes of at least 4 members (excludes halogenated alkanes) is 6. The monoisotopic (exact) mass is 693 g/mol. The van der Waals surface area contributed by atoms with Crippen LogP contribution in [0.4, 0.5) is 0 Å². The van der Waals surface area contributed by atoms with Crippen LogP contribution < -0.4 is 4.89 Å². The first-order valence-corrected chi connectivity index (χ1v) is 19.1. The van der Waals surface area contributed by atoms with Gasteiger partial charge in [0.15, 0.2) is 6.10 Å². The fourth-order valence-corrected chi connectivity index (χ4v) is 4.76. The lowest BCUT2D eigenvalue weighted by atomic mass is 10.1. The molecule has 0 aliphatic carbocycles. The van der Waals surface area contributed by atoms with E-state index in [2.05, 4.69) is 62.5 Å². The number of allylic oxidation sites excluding steroid dienone is 12. The van der Waals surface area contributed by atoms with Gasteiger partial charge >= 0.3 is 11.9 Å². The first kappa shape index (κ1) is 45.5. The average Bonchev–Trinajstić information content (AvgIpc) is 3.02. The highest BCUT2D eigenvalue weighted by atomic mass is 31.2. The van der Waals surface area contributed by atoms with Crippen molar-refractivity contribution in [1.29, 1.82) is 0 Å². The second kappa shape index (κ2) is 30.5. The highest BCUT2D eigenvalue weighted by molar-refractivity contribution is 7.45. The Morgan fingerprint density at radius 2 is 1.25 bits per heavy atom. The summed E-state index contributed by atoms with van der Waals surface area (Å²) in [7, 11) is 1.11. The van der Waals surface area contributed by atoms with Gasteiger partial charge < -0.3 is 27.9 Å². The number of hydrogen-bond acceptors (Lipinski definition) is 8. The van der Waals surface area contributed by atoms with Crippen LogP contribution in [0.15, 0.2) is 72.9 Å². The first-order valence-electron chi connectivity index (χ1n) is 17.7. The third-order valence-corrected chi connectivity index (χ3v) is 7.75. The number of ether oxygens (including phenoxy) is 2. The standard InChI is InChI=1S/C38H64NO8P/c1-6-8-10-12-14-16-18-19-21-23-25-27-29-31-38(41)47-36(35-46-48(42,43)45-33-32-39(3,4)5)34-44-37(40)30-28-26-24-22-20-17-15-13-11-9-7-2/h8-12,14-18,22,24,36H,6-7,13,19-21,23,25-35H2,1-5H3/b10-8+,11-9+,14-12+,17-15+,18-16+,24-22+. The van der Waals surface area contributed by atoms with Crippen LogP contribution in [0.1, 0.15) is 104 Å². The summed E-state index contributed by atoms with van der Waals surface area (Å²) >= 11 is 0. The molecule has 0 aromatic carbocycles. The van der Waals surface area contributed by atoms with Crippen molar-refractivity contribution in [2.75, 3.05) is 47.5 Å². The number of likely N-dealkylation sites (N-methyl/N-ethyl adjacent to an activating group) is 1. The fraction of sp³-hybridized carbons (Fsp3) is 0.632. The molecule has 0 heterocycles. The molecule has 0 spiro atoms. The molecule has 0 radical (unpaired) electrons. The Balaban J connectivity index is 4.61. The molecule has 0 saturated carbocycles. The SMILES string of the molecule is CC/C=C/C=C/C=C/CCCCCCCC(=O)OC(COC(=O)CCC/C=C/C/C=C/C/C=C/CC)COP(=O)([O-])OCC[N+](C)(C)C. The number of phosphoric ester groups is 1. The predicted molar refractivity (Wildman–Crippen MR) is 194 cm³/mol. The van der Waals surface area contributed by atoms with Gasteiger partial charge in [-0.2, -0.15) is 0 Å². The summed E-state index contributed by atoms with van der Waals surface area (Å²) in [6.07, 6.45) is 35.2. The van der Waals surface area contributed by atoms with Crippen LogP contribution in [0.5, 0.6) is 0 Å².